The van der Waals surface area contributed by atoms with Crippen molar-refractivity contribution in [1.82, 2.24) is 4.90 Å². The first-order valence-corrected chi connectivity index (χ1v) is 6.91. The number of aliphatic hydroxyl groups is 1. The molecule has 1 atom stereocenters. The van der Waals surface area contributed by atoms with Crippen LogP contribution in [-0.4, -0.2) is 43.3 Å². The Morgan fingerprint density at radius 2 is 1.95 bits per heavy atom. The van der Waals surface area contributed by atoms with Crippen LogP contribution in [0.2, 0.25) is 0 Å². The lowest BCUT2D eigenvalue weighted by Crippen LogP contribution is -2.42. The molecule has 112 valence electrons. The first-order chi connectivity index (χ1) is 12.4. The van der Waals surface area contributed by atoms with Gasteiger partial charge in [0.05, 0.1) is 18.2 Å². The van der Waals surface area contributed by atoms with Crippen molar-refractivity contribution in [3.05, 3.63) is 29.7 Å². The molecule has 2 rings (SSSR count). The molecule has 0 saturated heterocycles. The lowest BCUT2D eigenvalue weighted by Gasteiger charge is -2.40. The van der Waals surface area contributed by atoms with E-state index in [1.165, 1.54) is 21.2 Å². The molecule has 1 aliphatic rings. The smallest absolute Gasteiger partial charge is 0.118 e. The zero-order valence-corrected chi connectivity index (χ0v) is 12.3. The van der Waals surface area contributed by atoms with Crippen LogP contribution in [0.1, 0.15) is 53.2 Å². The predicted octanol–water partition coefficient (Wildman–Crippen LogP) is 3.04. The molecule has 3 nitrogen and oxygen atoms in total. The van der Waals surface area contributed by atoms with E-state index in [9.17, 15) is 6.48 Å². The molecule has 0 heterocycles. The summed E-state index contributed by atoms with van der Waals surface area (Å²) in [5.74, 6) is -2.70. The van der Waals surface area contributed by atoms with Crippen LogP contribution in [0.25, 0.3) is 0 Å². The van der Waals surface area contributed by atoms with E-state index in [4.69, 9.17) is 13.0 Å². The van der Waals surface area contributed by atoms with Crippen LogP contribution >= 0.6 is 0 Å². The number of hydrogen-bond donors (Lipinski definition) is 1. The summed E-state index contributed by atoms with van der Waals surface area (Å²) in [6.45, 7) is -2.46. The molecule has 0 amide bonds. The van der Waals surface area contributed by atoms with Gasteiger partial charge in [0.2, 0.25) is 0 Å². The Labute approximate surface area is 132 Å². The second-order valence-electron chi connectivity index (χ2n) is 5.38. The second-order valence-corrected chi connectivity index (χ2v) is 5.38. The van der Waals surface area contributed by atoms with Crippen molar-refractivity contribution in [2.75, 3.05) is 27.7 Å². The van der Waals surface area contributed by atoms with Gasteiger partial charge >= 0.3 is 0 Å². The van der Waals surface area contributed by atoms with Gasteiger partial charge in [0, 0.05) is 16.5 Å². The van der Waals surface area contributed by atoms with Crippen molar-refractivity contribution in [3.8, 4) is 5.75 Å². The molecule has 0 bridgehead atoms. The van der Waals surface area contributed by atoms with Gasteiger partial charge in [-0.1, -0.05) is 31.3 Å². The summed E-state index contributed by atoms with van der Waals surface area (Å²) in [5.41, 5.74) is -2.28. The summed E-state index contributed by atoms with van der Waals surface area (Å²) < 4.78 is 64.3. The molecule has 20 heavy (non-hydrogen) atoms. The maximum absolute atomic E-state index is 11.4. The standard InChI is InChI=1S/C17H27NO2/c1-18(2)13-16(17(19)11-5-4-6-12-17)14-7-9-15(20-3)10-8-14/h7-10,16,19H,4-6,11-13H2,1-3H3/t16-/m1/s1/i7D,8D,9D,10D,13D2,16D. The fourth-order valence-electron chi connectivity index (χ4n) is 2.53. The highest BCUT2D eigenvalue weighted by Gasteiger charge is 2.38. The highest BCUT2D eigenvalue weighted by Crippen LogP contribution is 2.40. The van der Waals surface area contributed by atoms with Gasteiger partial charge in [0.25, 0.3) is 0 Å². The van der Waals surface area contributed by atoms with Gasteiger partial charge in [0.15, 0.2) is 0 Å². The van der Waals surface area contributed by atoms with Gasteiger partial charge in [0.1, 0.15) is 5.75 Å². The first-order valence-electron chi connectivity index (χ1n) is 10.4. The molecule has 0 unspecified atom stereocenters. The second kappa shape index (κ2) is 6.59. The molecular weight excluding hydrogens is 250 g/mol. The van der Waals surface area contributed by atoms with Crippen molar-refractivity contribution < 1.29 is 19.4 Å². The number of benzene rings is 1. The Kier molecular flexibility index (Phi) is 2.77. The lowest BCUT2D eigenvalue weighted by atomic mass is 9.72. The van der Waals surface area contributed by atoms with Crippen LogP contribution in [0.4, 0.5) is 0 Å². The average Bonchev–Trinajstić information content (AvgIpc) is 2.60. The topological polar surface area (TPSA) is 32.7 Å². The molecule has 1 saturated carbocycles. The van der Waals surface area contributed by atoms with Crippen LogP contribution in [-0.2, 0) is 0 Å². The van der Waals surface area contributed by atoms with E-state index in [-0.39, 0.29) is 18.6 Å². The normalized spacial score (nSPS) is 27.1. The number of likely N-dealkylation sites (N-methyl/N-ethyl adjacent to an activating group) is 1. The fraction of sp³-hybridized carbons (Fsp3) is 0.647. The van der Waals surface area contributed by atoms with Gasteiger partial charge in [-0.15, -0.1) is 0 Å². The summed E-state index contributed by atoms with van der Waals surface area (Å²) >= 11 is 0. The van der Waals surface area contributed by atoms with E-state index in [1.54, 1.807) is 0 Å². The van der Waals surface area contributed by atoms with Gasteiger partial charge in [-0.3, -0.25) is 0 Å². The highest BCUT2D eigenvalue weighted by atomic mass is 16.5. The molecule has 1 aromatic carbocycles. The van der Waals surface area contributed by atoms with Gasteiger partial charge in [-0.05, 0) is 44.6 Å². The largest absolute Gasteiger partial charge is 0.497 e. The Hall–Kier alpha value is -1.06. The summed E-state index contributed by atoms with van der Waals surface area (Å²) in [7, 11) is 4.08. The molecule has 0 aliphatic heterocycles. The molecule has 1 aliphatic carbocycles. The Morgan fingerprint density at radius 1 is 1.35 bits per heavy atom. The quantitative estimate of drug-likeness (QED) is 0.902. The molecule has 1 fully saturated rings. The van der Waals surface area contributed by atoms with Gasteiger partial charge in [-0.2, -0.15) is 0 Å². The van der Waals surface area contributed by atoms with Crippen LogP contribution in [0, 0.1) is 0 Å². The number of nitrogens with zero attached hydrogens (tertiary/aromatic N) is 1. The minimum atomic E-state index is -2.46. The number of methoxy groups -OCH3 is 1. The van der Waals surface area contributed by atoms with Crippen molar-refractivity contribution in [3.63, 3.8) is 0 Å². The third kappa shape index (κ3) is 3.53. The number of hydrogen-bond acceptors (Lipinski definition) is 3. The average molecular weight is 284 g/mol. The maximum atomic E-state index is 11.4. The molecule has 1 N–H and O–H groups in total. The fourth-order valence-corrected chi connectivity index (χ4v) is 2.53. The predicted molar refractivity (Wildman–Crippen MR) is 82.3 cm³/mol. The van der Waals surface area contributed by atoms with Crippen molar-refractivity contribution in [2.45, 2.75) is 43.6 Å². The third-order valence-electron chi connectivity index (χ3n) is 3.54. The van der Waals surface area contributed by atoms with Crippen LogP contribution in [0.5, 0.6) is 5.75 Å². The molecule has 0 aromatic heterocycles. The number of rotatable bonds is 5. The van der Waals surface area contributed by atoms with E-state index in [1.807, 2.05) is 0 Å². The van der Waals surface area contributed by atoms with Crippen LogP contribution in [0.3, 0.4) is 0 Å². The minimum Gasteiger partial charge on any atom is -0.497 e. The van der Waals surface area contributed by atoms with E-state index >= 15 is 0 Å². The van der Waals surface area contributed by atoms with Crippen LogP contribution < -0.4 is 4.74 Å². The van der Waals surface area contributed by atoms with Crippen molar-refractivity contribution >= 4 is 0 Å². The van der Waals surface area contributed by atoms with Gasteiger partial charge in [-0.25, -0.2) is 0 Å². The zero-order chi connectivity index (χ0) is 20.8. The van der Waals surface area contributed by atoms with Gasteiger partial charge < -0.3 is 14.7 Å². The van der Waals surface area contributed by atoms with E-state index in [0.717, 1.165) is 11.3 Å². The number of ether oxygens (including phenoxy) is 1. The summed E-state index contributed by atoms with van der Waals surface area (Å²) in [5, 5.41) is 11.4. The SMILES string of the molecule is [2H]c1c([2H])c([C@]([2H])(C2(O)CCCCC2)C([2H])([2H])N(C)C)c([2H])c([2H])c1OC. The van der Waals surface area contributed by atoms with E-state index in [2.05, 4.69) is 0 Å². The maximum Gasteiger partial charge on any atom is 0.118 e. The molecule has 3 heteroatoms. The zero-order valence-electron chi connectivity index (χ0n) is 19.3. The Balaban J connectivity index is 2.92. The van der Waals surface area contributed by atoms with Crippen molar-refractivity contribution in [2.24, 2.45) is 0 Å². The minimum absolute atomic E-state index is 0.148. The first kappa shape index (κ1) is 8.40. The molecule has 0 radical (unpaired) electrons. The third-order valence-corrected chi connectivity index (χ3v) is 3.54. The van der Waals surface area contributed by atoms with Crippen LogP contribution in [0.15, 0.2) is 24.2 Å². The summed E-state index contributed by atoms with van der Waals surface area (Å²) in [6, 6.07) is -2.10. The molecule has 0 spiro atoms. The van der Waals surface area contributed by atoms with E-state index < -0.39 is 47.7 Å². The lowest BCUT2D eigenvalue weighted by molar-refractivity contribution is -0.0277. The summed E-state index contributed by atoms with van der Waals surface area (Å²) in [6.07, 6.45) is 2.34. The Morgan fingerprint density at radius 3 is 2.45 bits per heavy atom. The van der Waals surface area contributed by atoms with E-state index in [0.29, 0.717) is 12.8 Å². The monoisotopic (exact) mass is 284 g/mol. The Bertz CT molecular complexity index is 691. The summed E-state index contributed by atoms with van der Waals surface area (Å²) in [4.78, 5) is 1.14. The molecule has 1 aromatic rings. The highest BCUT2D eigenvalue weighted by molar-refractivity contribution is 5.31. The molecular formula is C17H27NO2. The van der Waals surface area contributed by atoms with Crippen molar-refractivity contribution in [1.29, 1.82) is 0 Å².